The Morgan fingerprint density at radius 1 is 1.16 bits per heavy atom. The average Bonchev–Trinajstić information content (AvgIpc) is 2.99. The fourth-order valence-corrected chi connectivity index (χ4v) is 4.11. The van der Waals surface area contributed by atoms with Gasteiger partial charge in [-0.05, 0) is 54.7 Å². The van der Waals surface area contributed by atoms with Crippen LogP contribution in [0.15, 0.2) is 29.1 Å². The van der Waals surface area contributed by atoms with Crippen molar-refractivity contribution in [3.63, 3.8) is 0 Å². The Bertz CT molecular complexity index is 1070. The van der Waals surface area contributed by atoms with Crippen LogP contribution in [0, 0.1) is 0 Å². The molecule has 0 aliphatic heterocycles. The predicted molar refractivity (Wildman–Crippen MR) is 123 cm³/mol. The van der Waals surface area contributed by atoms with Gasteiger partial charge in [0.1, 0.15) is 0 Å². The van der Waals surface area contributed by atoms with Crippen LogP contribution >= 0.6 is 0 Å². The quantitative estimate of drug-likeness (QED) is 0.605. The van der Waals surface area contributed by atoms with Crippen LogP contribution in [0.4, 0.5) is 5.69 Å². The highest BCUT2D eigenvalue weighted by Gasteiger charge is 2.29. The molecular formula is C24H30N2O6. The summed E-state index contributed by atoms with van der Waals surface area (Å²) in [5, 5.41) is 15.6. The van der Waals surface area contributed by atoms with E-state index in [0.29, 0.717) is 41.3 Å². The zero-order valence-corrected chi connectivity index (χ0v) is 19.1. The van der Waals surface area contributed by atoms with Crippen LogP contribution in [-0.4, -0.2) is 45.0 Å². The molecule has 0 saturated heterocycles. The van der Waals surface area contributed by atoms with E-state index >= 15 is 0 Å². The molecular weight excluding hydrogens is 412 g/mol. The van der Waals surface area contributed by atoms with Gasteiger partial charge in [0.15, 0.2) is 11.5 Å². The van der Waals surface area contributed by atoms with Gasteiger partial charge >= 0.3 is 0 Å². The van der Waals surface area contributed by atoms with E-state index in [-0.39, 0.29) is 23.9 Å². The van der Waals surface area contributed by atoms with E-state index in [1.807, 2.05) is 12.1 Å². The van der Waals surface area contributed by atoms with E-state index in [2.05, 4.69) is 10.6 Å². The van der Waals surface area contributed by atoms with Gasteiger partial charge in [0.05, 0.1) is 39.2 Å². The van der Waals surface area contributed by atoms with Gasteiger partial charge in [-0.25, -0.2) is 0 Å². The number of aryl methyl sites for hydroxylation is 1. The van der Waals surface area contributed by atoms with Gasteiger partial charge in [0.25, 0.3) is 0 Å². The van der Waals surface area contributed by atoms with Gasteiger partial charge in [0, 0.05) is 19.0 Å². The third-order valence-corrected chi connectivity index (χ3v) is 5.50. The summed E-state index contributed by atoms with van der Waals surface area (Å²) in [6.07, 6.45) is 0.622. The summed E-state index contributed by atoms with van der Waals surface area (Å²) in [7, 11) is 4.67. The minimum Gasteiger partial charge on any atom is -0.493 e. The summed E-state index contributed by atoms with van der Waals surface area (Å²) in [6.45, 7) is 3.34. The molecule has 3 rings (SSSR count). The number of rotatable bonds is 7. The molecule has 0 spiro atoms. The number of amides is 1. The molecule has 2 aromatic carbocycles. The number of aliphatic hydroxyl groups is 1. The molecule has 8 nitrogen and oxygen atoms in total. The molecule has 1 amide bonds. The number of benzene rings is 1. The Morgan fingerprint density at radius 3 is 2.47 bits per heavy atom. The van der Waals surface area contributed by atoms with E-state index in [1.54, 1.807) is 40.4 Å². The van der Waals surface area contributed by atoms with Crippen molar-refractivity contribution in [2.24, 2.45) is 0 Å². The fraction of sp³-hybridized carbons (Fsp3) is 0.417. The van der Waals surface area contributed by atoms with Crippen molar-refractivity contribution >= 4 is 11.6 Å². The first kappa shape index (κ1) is 23.4. The van der Waals surface area contributed by atoms with E-state index in [9.17, 15) is 14.7 Å². The molecule has 3 N–H and O–H groups in total. The molecule has 2 unspecified atom stereocenters. The van der Waals surface area contributed by atoms with Crippen LogP contribution in [-0.2, 0) is 11.2 Å². The van der Waals surface area contributed by atoms with Crippen molar-refractivity contribution in [1.82, 2.24) is 5.32 Å². The zero-order chi connectivity index (χ0) is 23.4. The summed E-state index contributed by atoms with van der Waals surface area (Å²) in [4.78, 5) is 24.9. The molecule has 1 aliphatic rings. The number of hydrogen-bond acceptors (Lipinski definition) is 7. The van der Waals surface area contributed by atoms with Crippen molar-refractivity contribution in [3.05, 3.63) is 45.6 Å². The molecule has 8 heteroatoms. The summed E-state index contributed by atoms with van der Waals surface area (Å²) in [6, 6.07) is 6.63. The highest BCUT2D eigenvalue weighted by atomic mass is 16.5. The van der Waals surface area contributed by atoms with Gasteiger partial charge in [-0.15, -0.1) is 0 Å². The Hall–Kier alpha value is -3.26. The maximum Gasteiger partial charge on any atom is 0.217 e. The summed E-state index contributed by atoms with van der Waals surface area (Å²) >= 11 is 0. The second-order valence-corrected chi connectivity index (χ2v) is 7.83. The van der Waals surface area contributed by atoms with Gasteiger partial charge in [-0.1, -0.05) is 6.07 Å². The molecule has 32 heavy (non-hydrogen) atoms. The number of methoxy groups -OCH3 is 3. The lowest BCUT2D eigenvalue weighted by molar-refractivity contribution is -0.119. The smallest absolute Gasteiger partial charge is 0.217 e. The number of aliphatic hydroxyl groups excluding tert-OH is 1. The molecule has 2 atom stereocenters. The number of ether oxygens (including phenoxy) is 3. The first-order valence-corrected chi connectivity index (χ1v) is 10.5. The topological polar surface area (TPSA) is 106 Å². The average molecular weight is 443 g/mol. The maximum absolute atomic E-state index is 13.0. The SMILES string of the molecule is COc1cc2c(c(OC)c1OC)-c1ccc(NCC(C)O)c(=O)cc1C(NC(C)=O)CC2. The van der Waals surface area contributed by atoms with E-state index in [4.69, 9.17) is 14.2 Å². The van der Waals surface area contributed by atoms with Crippen molar-refractivity contribution in [2.45, 2.75) is 38.8 Å². The van der Waals surface area contributed by atoms with Crippen LogP contribution in [0.1, 0.15) is 37.4 Å². The molecule has 1 aliphatic carbocycles. The van der Waals surface area contributed by atoms with Crippen LogP contribution in [0.25, 0.3) is 11.1 Å². The summed E-state index contributed by atoms with van der Waals surface area (Å²) < 4.78 is 16.9. The zero-order valence-electron chi connectivity index (χ0n) is 19.1. The van der Waals surface area contributed by atoms with Crippen molar-refractivity contribution in [1.29, 1.82) is 0 Å². The number of hydrogen-bond donors (Lipinski definition) is 3. The lowest BCUT2D eigenvalue weighted by atomic mass is 9.95. The second kappa shape index (κ2) is 9.91. The minimum atomic E-state index is -0.609. The Labute approximate surface area is 187 Å². The number of nitrogens with one attached hydrogen (secondary N) is 2. The third kappa shape index (κ3) is 4.65. The van der Waals surface area contributed by atoms with E-state index in [0.717, 1.165) is 16.7 Å². The molecule has 0 saturated carbocycles. The largest absolute Gasteiger partial charge is 0.493 e. The summed E-state index contributed by atoms with van der Waals surface area (Å²) in [5.41, 5.74) is 3.35. The number of carbonyl (C=O) groups excluding carboxylic acids is 1. The number of anilines is 1. The van der Waals surface area contributed by atoms with Crippen LogP contribution < -0.4 is 30.3 Å². The summed E-state index contributed by atoms with van der Waals surface area (Å²) in [5.74, 6) is 1.33. The molecule has 0 heterocycles. The van der Waals surface area contributed by atoms with Gasteiger partial charge in [0.2, 0.25) is 17.1 Å². The lowest BCUT2D eigenvalue weighted by Gasteiger charge is -2.19. The normalized spacial score (nSPS) is 15.5. The standard InChI is InChI=1S/C24H30N2O6/c1-13(27)12-25-19-9-7-16-17(11-20(19)29)18(26-14(2)28)8-6-15-10-21(30-3)23(31-4)24(32-5)22(15)16/h7,9-11,13,18,27H,6,8,12H2,1-5H3,(H,25,29)(H,26,28). The first-order chi connectivity index (χ1) is 15.3. The highest BCUT2D eigenvalue weighted by molar-refractivity contribution is 5.83. The monoisotopic (exact) mass is 442 g/mol. The minimum absolute atomic E-state index is 0.180. The van der Waals surface area contributed by atoms with E-state index < -0.39 is 6.10 Å². The van der Waals surface area contributed by atoms with Gasteiger partial charge in [-0.2, -0.15) is 0 Å². The molecule has 172 valence electrons. The van der Waals surface area contributed by atoms with Crippen molar-refractivity contribution in [3.8, 4) is 28.4 Å². The molecule has 0 radical (unpaired) electrons. The van der Waals surface area contributed by atoms with E-state index in [1.165, 1.54) is 6.92 Å². The lowest BCUT2D eigenvalue weighted by Crippen LogP contribution is -2.26. The van der Waals surface area contributed by atoms with Crippen LogP contribution in [0.2, 0.25) is 0 Å². The third-order valence-electron chi connectivity index (χ3n) is 5.50. The first-order valence-electron chi connectivity index (χ1n) is 10.5. The van der Waals surface area contributed by atoms with Crippen molar-refractivity contribution in [2.75, 3.05) is 33.2 Å². The van der Waals surface area contributed by atoms with Gasteiger partial charge < -0.3 is 30.0 Å². The molecule has 0 fully saturated rings. The predicted octanol–water partition coefficient (Wildman–Crippen LogP) is 2.66. The molecule has 0 aromatic heterocycles. The van der Waals surface area contributed by atoms with Crippen molar-refractivity contribution < 1.29 is 24.1 Å². The Kier molecular flexibility index (Phi) is 7.25. The molecule has 0 bridgehead atoms. The van der Waals surface area contributed by atoms with Crippen LogP contribution in [0.5, 0.6) is 17.2 Å². The number of carbonyl (C=O) groups is 1. The highest BCUT2D eigenvalue weighted by Crippen LogP contribution is 2.50. The molecule has 2 aromatic rings. The fourth-order valence-electron chi connectivity index (χ4n) is 4.11. The Morgan fingerprint density at radius 2 is 1.88 bits per heavy atom. The Balaban J connectivity index is 2.33. The van der Waals surface area contributed by atoms with Crippen LogP contribution in [0.3, 0.4) is 0 Å². The maximum atomic E-state index is 13.0. The second-order valence-electron chi connectivity index (χ2n) is 7.83. The number of fused-ring (bicyclic) bond motifs is 3. The van der Waals surface area contributed by atoms with Gasteiger partial charge in [-0.3, -0.25) is 9.59 Å².